The first-order valence-corrected chi connectivity index (χ1v) is 6.51. The van der Waals surface area contributed by atoms with Gasteiger partial charge in [0.05, 0.1) is 5.69 Å². The van der Waals surface area contributed by atoms with Crippen LogP contribution in [-0.2, 0) is 7.05 Å². The van der Waals surface area contributed by atoms with Crippen LogP contribution < -0.4 is 10.8 Å². The highest BCUT2D eigenvalue weighted by molar-refractivity contribution is 6.72. The number of nitrogens with zero attached hydrogens (tertiary/aromatic N) is 2. The minimum absolute atomic E-state index is 0.00828. The number of anilines is 1. The van der Waals surface area contributed by atoms with Gasteiger partial charge in [0, 0.05) is 12.7 Å². The molecule has 0 unspecified atom stereocenters. The topological polar surface area (TPSA) is 46.9 Å². The zero-order chi connectivity index (χ0) is 14.9. The quantitative estimate of drug-likeness (QED) is 0.870. The van der Waals surface area contributed by atoms with Crippen molar-refractivity contribution in [2.45, 2.75) is 20.6 Å². The first-order chi connectivity index (χ1) is 9.41. The standard InChI is InChI=1S/C14H17BFN3O/c1-9-12(13(16)19(4)18-9)14(20)17-11-8-6-5-7-10(11)15(2)3/h5-8H,1-4H3,(H,17,20). The lowest BCUT2D eigenvalue weighted by Gasteiger charge is -2.12. The van der Waals surface area contributed by atoms with Gasteiger partial charge in [0.2, 0.25) is 5.95 Å². The summed E-state index contributed by atoms with van der Waals surface area (Å²) in [6, 6.07) is 7.53. The molecule has 0 aliphatic heterocycles. The van der Waals surface area contributed by atoms with Crippen molar-refractivity contribution in [2.24, 2.45) is 7.05 Å². The van der Waals surface area contributed by atoms with Crippen molar-refractivity contribution in [3.8, 4) is 0 Å². The molecule has 0 spiro atoms. The van der Waals surface area contributed by atoms with Crippen molar-refractivity contribution < 1.29 is 9.18 Å². The summed E-state index contributed by atoms with van der Waals surface area (Å²) in [5, 5.41) is 6.68. The molecule has 2 rings (SSSR count). The Labute approximate surface area is 118 Å². The van der Waals surface area contributed by atoms with Gasteiger partial charge >= 0.3 is 0 Å². The van der Waals surface area contributed by atoms with Gasteiger partial charge in [-0.2, -0.15) is 9.49 Å². The Morgan fingerprint density at radius 3 is 2.55 bits per heavy atom. The van der Waals surface area contributed by atoms with Crippen LogP contribution in [0.4, 0.5) is 10.1 Å². The summed E-state index contributed by atoms with van der Waals surface area (Å²) in [6.45, 7) is 5.97. The molecule has 1 heterocycles. The summed E-state index contributed by atoms with van der Waals surface area (Å²) < 4.78 is 14.9. The van der Waals surface area contributed by atoms with E-state index in [1.807, 2.05) is 37.9 Å². The molecule has 1 aromatic carbocycles. The van der Waals surface area contributed by atoms with E-state index in [-0.39, 0.29) is 12.3 Å². The number of hydrogen-bond acceptors (Lipinski definition) is 2. The summed E-state index contributed by atoms with van der Waals surface area (Å²) >= 11 is 0. The van der Waals surface area contributed by atoms with Crippen LogP contribution in [0.25, 0.3) is 0 Å². The van der Waals surface area contributed by atoms with Crippen molar-refractivity contribution >= 4 is 23.8 Å². The van der Waals surface area contributed by atoms with E-state index in [4.69, 9.17) is 0 Å². The van der Waals surface area contributed by atoms with E-state index >= 15 is 0 Å². The van der Waals surface area contributed by atoms with Crippen molar-refractivity contribution in [1.82, 2.24) is 9.78 Å². The predicted molar refractivity (Wildman–Crippen MR) is 79.4 cm³/mol. The minimum Gasteiger partial charge on any atom is -0.322 e. The Hall–Kier alpha value is -2.11. The maximum Gasteiger partial charge on any atom is 0.262 e. The fraction of sp³-hybridized carbons (Fsp3) is 0.286. The van der Waals surface area contributed by atoms with Crippen LogP contribution in [0.2, 0.25) is 13.6 Å². The van der Waals surface area contributed by atoms with E-state index in [2.05, 4.69) is 10.4 Å². The summed E-state index contributed by atoms with van der Waals surface area (Å²) in [7, 11) is 1.47. The van der Waals surface area contributed by atoms with E-state index in [1.165, 1.54) is 7.05 Å². The molecule has 0 saturated heterocycles. The van der Waals surface area contributed by atoms with Gasteiger partial charge in [-0.3, -0.25) is 4.79 Å². The van der Waals surface area contributed by atoms with Crippen LogP contribution in [0.1, 0.15) is 16.1 Å². The Morgan fingerprint density at radius 1 is 1.35 bits per heavy atom. The minimum atomic E-state index is -0.623. The van der Waals surface area contributed by atoms with Gasteiger partial charge in [0.15, 0.2) is 6.71 Å². The molecule has 104 valence electrons. The van der Waals surface area contributed by atoms with Gasteiger partial charge in [-0.05, 0) is 13.0 Å². The summed E-state index contributed by atoms with van der Waals surface area (Å²) in [6.07, 6.45) is 0. The second kappa shape index (κ2) is 5.49. The van der Waals surface area contributed by atoms with E-state index in [0.717, 1.165) is 10.1 Å². The molecule has 0 fully saturated rings. The molecule has 20 heavy (non-hydrogen) atoms. The average Bonchev–Trinajstić information content (AvgIpc) is 2.63. The van der Waals surface area contributed by atoms with Crippen LogP contribution >= 0.6 is 0 Å². The Morgan fingerprint density at radius 2 is 2.00 bits per heavy atom. The van der Waals surface area contributed by atoms with Gasteiger partial charge in [0.25, 0.3) is 5.91 Å². The number of benzene rings is 1. The molecule has 0 radical (unpaired) electrons. The van der Waals surface area contributed by atoms with Crippen molar-refractivity contribution in [3.63, 3.8) is 0 Å². The molecule has 0 aliphatic rings. The first kappa shape index (κ1) is 14.3. The molecule has 0 saturated carbocycles. The number of rotatable bonds is 3. The Bertz CT molecular complexity index is 652. The third kappa shape index (κ3) is 2.59. The predicted octanol–water partition coefficient (Wildman–Crippen LogP) is 2.08. The Kier molecular flexibility index (Phi) is 3.92. The molecule has 1 aromatic heterocycles. The van der Waals surface area contributed by atoms with Gasteiger partial charge in [-0.15, -0.1) is 0 Å². The number of carbonyl (C=O) groups is 1. The molecule has 2 aromatic rings. The number of amides is 1. The van der Waals surface area contributed by atoms with Crippen LogP contribution in [0.3, 0.4) is 0 Å². The van der Waals surface area contributed by atoms with Gasteiger partial charge < -0.3 is 5.32 Å². The number of nitrogens with one attached hydrogen (secondary N) is 1. The second-order valence-electron chi connectivity index (χ2n) is 5.07. The van der Waals surface area contributed by atoms with Crippen LogP contribution in [0.5, 0.6) is 0 Å². The summed E-state index contributed by atoms with van der Waals surface area (Å²) in [5.41, 5.74) is 2.09. The highest BCUT2D eigenvalue weighted by Crippen LogP contribution is 2.14. The molecule has 1 N–H and O–H groups in total. The first-order valence-electron chi connectivity index (χ1n) is 6.51. The van der Waals surface area contributed by atoms with E-state index in [0.29, 0.717) is 11.4 Å². The van der Waals surface area contributed by atoms with Crippen LogP contribution in [0.15, 0.2) is 24.3 Å². The number of aromatic nitrogens is 2. The van der Waals surface area contributed by atoms with Crippen LogP contribution in [-0.4, -0.2) is 22.4 Å². The number of halogens is 1. The van der Waals surface area contributed by atoms with Crippen molar-refractivity contribution in [3.05, 3.63) is 41.5 Å². The second-order valence-corrected chi connectivity index (χ2v) is 5.07. The zero-order valence-electron chi connectivity index (χ0n) is 12.1. The van der Waals surface area contributed by atoms with E-state index < -0.39 is 11.9 Å². The third-order valence-corrected chi connectivity index (χ3v) is 3.21. The maximum atomic E-state index is 13.9. The summed E-state index contributed by atoms with van der Waals surface area (Å²) in [4.78, 5) is 12.2. The number of aryl methyl sites for hydroxylation is 2. The average molecular weight is 273 g/mol. The van der Waals surface area contributed by atoms with Crippen LogP contribution in [0, 0.1) is 12.9 Å². The number of hydrogen-bond donors (Lipinski definition) is 1. The lowest BCUT2D eigenvalue weighted by molar-refractivity contribution is 0.102. The molecule has 0 aliphatic carbocycles. The highest BCUT2D eigenvalue weighted by Gasteiger charge is 2.21. The molecule has 1 amide bonds. The smallest absolute Gasteiger partial charge is 0.262 e. The molecule has 4 nitrogen and oxygen atoms in total. The SMILES string of the molecule is CB(C)c1ccccc1NC(=O)c1c(C)nn(C)c1F. The lowest BCUT2D eigenvalue weighted by atomic mass is 9.49. The molecule has 0 bridgehead atoms. The van der Waals surface area contributed by atoms with Gasteiger partial charge in [-0.25, -0.2) is 4.68 Å². The normalized spacial score (nSPS) is 10.4. The van der Waals surface area contributed by atoms with E-state index in [1.54, 1.807) is 6.92 Å². The number of carbonyl (C=O) groups excluding carboxylic acids is 1. The lowest BCUT2D eigenvalue weighted by Crippen LogP contribution is -2.28. The largest absolute Gasteiger partial charge is 0.322 e. The van der Waals surface area contributed by atoms with Gasteiger partial charge in [0.1, 0.15) is 5.56 Å². The third-order valence-electron chi connectivity index (χ3n) is 3.21. The maximum absolute atomic E-state index is 13.9. The number of para-hydroxylation sites is 1. The summed E-state index contributed by atoms with van der Waals surface area (Å²) in [5.74, 6) is -1.09. The monoisotopic (exact) mass is 273 g/mol. The molecular formula is C14H17BFN3O. The Balaban J connectivity index is 2.33. The van der Waals surface area contributed by atoms with Gasteiger partial charge in [-0.1, -0.05) is 37.3 Å². The fourth-order valence-corrected chi connectivity index (χ4v) is 2.19. The van der Waals surface area contributed by atoms with Crippen molar-refractivity contribution in [2.75, 3.05) is 5.32 Å². The molecule has 6 heteroatoms. The fourth-order valence-electron chi connectivity index (χ4n) is 2.19. The molecule has 0 atom stereocenters. The van der Waals surface area contributed by atoms with E-state index in [9.17, 15) is 9.18 Å². The zero-order valence-corrected chi connectivity index (χ0v) is 12.1. The molecular weight excluding hydrogens is 256 g/mol. The highest BCUT2D eigenvalue weighted by atomic mass is 19.1. The van der Waals surface area contributed by atoms with Crippen molar-refractivity contribution in [1.29, 1.82) is 0 Å².